The Morgan fingerprint density at radius 1 is 0.909 bits per heavy atom. The molecule has 0 atom stereocenters. The molecular formula is C27H20N4O2. The average Bonchev–Trinajstić information content (AvgIpc) is 3.42. The number of aromatic amines is 1. The quantitative estimate of drug-likeness (QED) is 0.366. The second-order valence-electron chi connectivity index (χ2n) is 8.16. The number of fused-ring (bicyclic) bond motifs is 6. The second kappa shape index (κ2) is 7.60. The van der Waals surface area contributed by atoms with Crippen LogP contribution in [0.25, 0.3) is 43.6 Å². The van der Waals surface area contributed by atoms with Crippen molar-refractivity contribution < 1.29 is 4.42 Å². The molecule has 4 heterocycles. The zero-order valence-corrected chi connectivity index (χ0v) is 17.9. The SMILES string of the molecule is Cc1cnc(CNc2cc3ccc4[nH]c(=O)c(cc5ccc(o5)c5cccc2c5)c4c3)cn1. The summed E-state index contributed by atoms with van der Waals surface area (Å²) in [5.74, 6) is 0. The second-order valence-corrected chi connectivity index (χ2v) is 8.16. The number of aromatic nitrogens is 3. The number of aryl methyl sites for hydroxylation is 1. The Labute approximate surface area is 188 Å². The van der Waals surface area contributed by atoms with Gasteiger partial charge in [0, 0.05) is 28.2 Å². The maximum absolute atomic E-state index is 12.6. The topological polar surface area (TPSA) is 83.8 Å². The van der Waals surface area contributed by atoms with E-state index in [-0.39, 0.29) is 5.56 Å². The minimum atomic E-state index is -0.129. The van der Waals surface area contributed by atoms with E-state index >= 15 is 0 Å². The fourth-order valence-corrected chi connectivity index (χ4v) is 4.11. The highest BCUT2D eigenvalue weighted by atomic mass is 16.3. The Morgan fingerprint density at radius 2 is 1.82 bits per heavy atom. The Hall–Kier alpha value is -4.45. The van der Waals surface area contributed by atoms with Gasteiger partial charge in [-0.15, -0.1) is 0 Å². The van der Waals surface area contributed by atoms with Gasteiger partial charge < -0.3 is 14.7 Å². The van der Waals surface area contributed by atoms with Gasteiger partial charge in [-0.25, -0.2) is 0 Å². The Morgan fingerprint density at radius 3 is 2.70 bits per heavy atom. The van der Waals surface area contributed by atoms with Gasteiger partial charge in [0.2, 0.25) is 0 Å². The summed E-state index contributed by atoms with van der Waals surface area (Å²) in [4.78, 5) is 24.4. The van der Waals surface area contributed by atoms with E-state index in [4.69, 9.17) is 4.42 Å². The molecule has 0 spiro atoms. The normalized spacial score (nSPS) is 11.4. The van der Waals surface area contributed by atoms with Crippen LogP contribution < -0.4 is 10.9 Å². The van der Waals surface area contributed by atoms with Crippen LogP contribution in [0, 0.1) is 6.92 Å². The molecular weight excluding hydrogens is 412 g/mol. The molecule has 6 bridgehead atoms. The highest BCUT2D eigenvalue weighted by Gasteiger charge is 2.06. The molecule has 0 aliphatic carbocycles. The Bertz CT molecular complexity index is 1750. The minimum Gasteiger partial charge on any atom is -0.457 e. The predicted molar refractivity (Wildman–Crippen MR) is 132 cm³/mol. The van der Waals surface area contributed by atoms with Gasteiger partial charge in [-0.1, -0.05) is 24.3 Å². The van der Waals surface area contributed by atoms with Gasteiger partial charge in [-0.05, 0) is 60.2 Å². The van der Waals surface area contributed by atoms with E-state index in [0.29, 0.717) is 17.5 Å². The third-order valence-electron chi connectivity index (χ3n) is 5.80. The van der Waals surface area contributed by atoms with E-state index in [1.807, 2.05) is 49.4 Å². The number of H-pyrrole nitrogens is 1. The predicted octanol–water partition coefficient (Wildman–Crippen LogP) is 5.85. The van der Waals surface area contributed by atoms with Crippen LogP contribution in [0.2, 0.25) is 0 Å². The number of anilines is 1. The fraction of sp³-hybridized carbons (Fsp3) is 0.0741. The zero-order valence-electron chi connectivity index (χ0n) is 17.9. The molecule has 6 aromatic rings. The van der Waals surface area contributed by atoms with Crippen LogP contribution in [0.5, 0.6) is 0 Å². The van der Waals surface area contributed by atoms with Gasteiger partial charge in [0.15, 0.2) is 0 Å². The van der Waals surface area contributed by atoms with Crippen molar-refractivity contribution in [2.45, 2.75) is 13.5 Å². The number of hydrogen-bond donors (Lipinski definition) is 2. The summed E-state index contributed by atoms with van der Waals surface area (Å²) >= 11 is 0. The number of benzene rings is 2. The van der Waals surface area contributed by atoms with Gasteiger partial charge in [0.25, 0.3) is 5.56 Å². The van der Waals surface area contributed by atoms with E-state index in [2.05, 4.69) is 38.5 Å². The maximum atomic E-state index is 12.6. The monoisotopic (exact) mass is 432 g/mol. The van der Waals surface area contributed by atoms with Crippen molar-refractivity contribution >= 4 is 49.3 Å². The highest BCUT2D eigenvalue weighted by molar-refractivity contribution is 6.00. The van der Waals surface area contributed by atoms with Gasteiger partial charge in [-0.2, -0.15) is 0 Å². The molecule has 0 radical (unpaired) electrons. The van der Waals surface area contributed by atoms with Crippen molar-refractivity contribution in [2.75, 3.05) is 5.32 Å². The van der Waals surface area contributed by atoms with Gasteiger partial charge in [0.05, 0.1) is 29.5 Å². The van der Waals surface area contributed by atoms with Crippen LogP contribution in [0.4, 0.5) is 5.69 Å². The molecule has 0 fully saturated rings. The number of nitrogens with one attached hydrogen (secondary N) is 2. The summed E-state index contributed by atoms with van der Waals surface area (Å²) in [6.07, 6.45) is 3.55. The number of hydrogen-bond acceptors (Lipinski definition) is 5. The first-order valence-corrected chi connectivity index (χ1v) is 10.7. The summed E-state index contributed by atoms with van der Waals surface area (Å²) < 4.78 is 6.07. The summed E-state index contributed by atoms with van der Waals surface area (Å²) in [5.41, 5.74) is 4.74. The summed E-state index contributed by atoms with van der Waals surface area (Å²) in [7, 11) is 0. The van der Waals surface area contributed by atoms with Crippen LogP contribution in [0.15, 0.2) is 88.3 Å². The fourth-order valence-electron chi connectivity index (χ4n) is 4.11. The highest BCUT2D eigenvalue weighted by Crippen LogP contribution is 2.26. The molecule has 4 aromatic heterocycles. The first-order valence-electron chi connectivity index (χ1n) is 10.7. The van der Waals surface area contributed by atoms with Crippen molar-refractivity contribution in [3.05, 3.63) is 101 Å². The Kier molecular flexibility index (Phi) is 4.43. The smallest absolute Gasteiger partial charge is 0.256 e. The van der Waals surface area contributed by atoms with Crippen molar-refractivity contribution in [2.24, 2.45) is 0 Å². The number of furan rings is 1. The van der Waals surface area contributed by atoms with Crippen molar-refractivity contribution in [1.82, 2.24) is 15.0 Å². The molecule has 0 saturated heterocycles. The lowest BCUT2D eigenvalue weighted by atomic mass is 10.1. The zero-order chi connectivity index (χ0) is 22.4. The molecule has 0 aliphatic heterocycles. The van der Waals surface area contributed by atoms with E-state index in [1.165, 1.54) is 0 Å². The van der Waals surface area contributed by atoms with Crippen LogP contribution >= 0.6 is 0 Å². The summed E-state index contributed by atoms with van der Waals surface area (Å²) in [6.45, 7) is 2.45. The molecule has 6 nitrogen and oxygen atoms in total. The molecule has 160 valence electrons. The number of nitrogens with zero attached hydrogens (tertiary/aromatic N) is 2. The lowest BCUT2D eigenvalue weighted by molar-refractivity contribution is 0.669. The van der Waals surface area contributed by atoms with E-state index in [0.717, 1.165) is 49.7 Å². The van der Waals surface area contributed by atoms with E-state index in [9.17, 15) is 4.79 Å². The number of rotatable bonds is 3. The summed E-state index contributed by atoms with van der Waals surface area (Å²) in [6, 6.07) is 21.9. The van der Waals surface area contributed by atoms with Gasteiger partial charge in [-0.3, -0.25) is 14.8 Å². The molecule has 0 aliphatic rings. The molecule has 2 N–H and O–H groups in total. The standard InChI is InChI=1S/C27H20N4O2/c1-16-13-29-20(14-28-16)15-30-25-10-17-5-7-24-22(9-17)23(27(32)31-24)12-21-6-8-26(33-21)19-4-2-3-18(25)11-19/h2-14,30H,15H2,1H3,(H,31,32). The van der Waals surface area contributed by atoms with Crippen LogP contribution in [-0.2, 0) is 6.54 Å². The van der Waals surface area contributed by atoms with Gasteiger partial charge in [0.1, 0.15) is 11.2 Å². The summed E-state index contributed by atoms with van der Waals surface area (Å²) in [5, 5.41) is 7.95. The van der Waals surface area contributed by atoms with Crippen molar-refractivity contribution in [3.63, 3.8) is 0 Å². The third kappa shape index (κ3) is 3.61. The molecule has 2 aromatic carbocycles. The Balaban J connectivity index is 1.64. The lowest BCUT2D eigenvalue weighted by Gasteiger charge is -2.08. The van der Waals surface area contributed by atoms with Crippen LogP contribution in [0.1, 0.15) is 11.4 Å². The maximum Gasteiger partial charge on any atom is 0.256 e. The molecule has 6 heteroatoms. The van der Waals surface area contributed by atoms with E-state index in [1.54, 1.807) is 18.5 Å². The molecule has 0 saturated carbocycles. The third-order valence-corrected chi connectivity index (χ3v) is 5.80. The minimum absolute atomic E-state index is 0.129. The van der Waals surface area contributed by atoms with Crippen molar-refractivity contribution in [1.29, 1.82) is 0 Å². The largest absolute Gasteiger partial charge is 0.457 e. The first-order chi connectivity index (χ1) is 16.1. The molecule has 0 unspecified atom stereocenters. The molecule has 6 rings (SSSR count). The van der Waals surface area contributed by atoms with E-state index < -0.39 is 0 Å². The average molecular weight is 432 g/mol. The molecule has 33 heavy (non-hydrogen) atoms. The lowest BCUT2D eigenvalue weighted by Crippen LogP contribution is -2.02. The molecule has 0 amide bonds. The van der Waals surface area contributed by atoms with Crippen LogP contribution in [-0.4, -0.2) is 15.0 Å². The van der Waals surface area contributed by atoms with Gasteiger partial charge >= 0.3 is 0 Å². The van der Waals surface area contributed by atoms with Crippen LogP contribution in [0.3, 0.4) is 0 Å². The van der Waals surface area contributed by atoms with Crippen molar-refractivity contribution in [3.8, 4) is 0 Å². The first kappa shape index (κ1) is 19.3.